The molecule has 0 unspecified atom stereocenters. The molecule has 3 amide bonds. The number of ether oxygens (including phenoxy) is 1. The third-order valence-electron chi connectivity index (χ3n) is 3.77. The molecule has 0 radical (unpaired) electrons. The molecule has 10 heteroatoms. The zero-order chi connectivity index (χ0) is 20.9. The number of anilines is 1. The Balaban J connectivity index is 1.88. The number of halogens is 3. The van der Waals surface area contributed by atoms with E-state index in [2.05, 4.69) is 5.32 Å². The van der Waals surface area contributed by atoms with Gasteiger partial charge in [0, 0.05) is 36.8 Å². The molecule has 2 rings (SSSR count). The summed E-state index contributed by atoms with van der Waals surface area (Å²) in [4.78, 5) is 27.8. The summed E-state index contributed by atoms with van der Waals surface area (Å²) >= 11 is -0.207. The second-order valence-corrected chi connectivity index (χ2v) is 8.45. The number of nitrogens with one attached hydrogen (secondary N) is 1. The number of hydrogen-bond acceptors (Lipinski definition) is 4. The lowest BCUT2D eigenvalue weighted by atomic mass is 10.2. The van der Waals surface area contributed by atoms with Crippen molar-refractivity contribution < 1.29 is 27.5 Å². The van der Waals surface area contributed by atoms with E-state index in [-0.39, 0.29) is 22.7 Å². The number of benzene rings is 1. The van der Waals surface area contributed by atoms with Gasteiger partial charge in [-0.3, -0.25) is 0 Å². The molecule has 1 N–H and O–H groups in total. The molecule has 1 heterocycles. The SMILES string of the molecule is CC(C)(C)OC(=O)N1CCCN(C(=O)Nc2ccc(SC(F)(F)F)cc2)CC1. The first kappa shape index (κ1) is 22.2. The molecule has 0 spiro atoms. The van der Waals surface area contributed by atoms with Crippen LogP contribution in [0.25, 0.3) is 0 Å². The topological polar surface area (TPSA) is 61.9 Å². The Kier molecular flexibility index (Phi) is 7.08. The van der Waals surface area contributed by atoms with E-state index in [0.717, 1.165) is 0 Å². The zero-order valence-electron chi connectivity index (χ0n) is 16.0. The van der Waals surface area contributed by atoms with Crippen LogP contribution in [0.4, 0.5) is 28.4 Å². The fourth-order valence-electron chi connectivity index (χ4n) is 2.57. The Bertz CT molecular complexity index is 690. The van der Waals surface area contributed by atoms with Gasteiger partial charge < -0.3 is 19.9 Å². The van der Waals surface area contributed by atoms with Gasteiger partial charge in [0.05, 0.1) is 0 Å². The maximum absolute atomic E-state index is 12.4. The van der Waals surface area contributed by atoms with Crippen molar-refractivity contribution in [2.75, 3.05) is 31.5 Å². The highest BCUT2D eigenvalue weighted by Crippen LogP contribution is 2.37. The first-order valence-electron chi connectivity index (χ1n) is 8.83. The van der Waals surface area contributed by atoms with Gasteiger partial charge in [-0.1, -0.05) is 0 Å². The lowest BCUT2D eigenvalue weighted by molar-refractivity contribution is -0.0328. The van der Waals surface area contributed by atoms with Gasteiger partial charge in [-0.05, 0) is 63.2 Å². The molecule has 0 atom stereocenters. The summed E-state index contributed by atoms with van der Waals surface area (Å²) in [6.45, 7) is 7.02. The molecule has 1 aromatic carbocycles. The number of carbonyl (C=O) groups is 2. The molecule has 0 bridgehead atoms. The maximum atomic E-state index is 12.4. The minimum Gasteiger partial charge on any atom is -0.444 e. The maximum Gasteiger partial charge on any atom is 0.446 e. The molecule has 6 nitrogen and oxygen atoms in total. The summed E-state index contributed by atoms with van der Waals surface area (Å²) in [7, 11) is 0. The lowest BCUT2D eigenvalue weighted by Crippen LogP contribution is -2.41. The average Bonchev–Trinajstić information content (AvgIpc) is 2.80. The van der Waals surface area contributed by atoms with Crippen LogP contribution in [0.1, 0.15) is 27.2 Å². The third-order valence-corrected chi connectivity index (χ3v) is 4.51. The number of hydrogen-bond donors (Lipinski definition) is 1. The van der Waals surface area contributed by atoms with Crippen LogP contribution < -0.4 is 5.32 Å². The molecule has 0 saturated carbocycles. The van der Waals surface area contributed by atoms with Crippen LogP contribution in [0.2, 0.25) is 0 Å². The van der Waals surface area contributed by atoms with Crippen LogP contribution >= 0.6 is 11.8 Å². The van der Waals surface area contributed by atoms with E-state index >= 15 is 0 Å². The van der Waals surface area contributed by atoms with Crippen molar-refractivity contribution in [3.05, 3.63) is 24.3 Å². The minimum atomic E-state index is -4.35. The highest BCUT2D eigenvalue weighted by atomic mass is 32.2. The van der Waals surface area contributed by atoms with Crippen LogP contribution in [-0.4, -0.2) is 59.2 Å². The van der Waals surface area contributed by atoms with Crippen LogP contribution in [0.5, 0.6) is 0 Å². The molecule has 156 valence electrons. The predicted molar refractivity (Wildman–Crippen MR) is 101 cm³/mol. The number of amides is 3. The van der Waals surface area contributed by atoms with Crippen molar-refractivity contribution in [3.8, 4) is 0 Å². The van der Waals surface area contributed by atoms with Crippen LogP contribution in [0.3, 0.4) is 0 Å². The molecular weight excluding hydrogens is 395 g/mol. The fourth-order valence-corrected chi connectivity index (χ4v) is 3.11. The van der Waals surface area contributed by atoms with Gasteiger partial charge in [-0.15, -0.1) is 0 Å². The van der Waals surface area contributed by atoms with Gasteiger partial charge in [0.1, 0.15) is 5.60 Å². The van der Waals surface area contributed by atoms with Crippen LogP contribution in [0, 0.1) is 0 Å². The Morgan fingerprint density at radius 1 is 1.00 bits per heavy atom. The molecule has 1 aliphatic heterocycles. The van der Waals surface area contributed by atoms with Crippen molar-refractivity contribution in [3.63, 3.8) is 0 Å². The van der Waals surface area contributed by atoms with E-state index in [9.17, 15) is 22.8 Å². The predicted octanol–water partition coefficient (Wildman–Crippen LogP) is 4.77. The Hall–Kier alpha value is -2.10. The van der Waals surface area contributed by atoms with E-state index in [1.54, 1.807) is 30.6 Å². The van der Waals surface area contributed by atoms with Gasteiger partial charge in [-0.2, -0.15) is 13.2 Å². The molecule has 1 saturated heterocycles. The van der Waals surface area contributed by atoms with Crippen molar-refractivity contribution in [2.45, 2.75) is 43.2 Å². The molecular formula is C18H24F3N3O3S. The van der Waals surface area contributed by atoms with Crippen LogP contribution in [-0.2, 0) is 4.74 Å². The van der Waals surface area contributed by atoms with E-state index < -0.39 is 17.2 Å². The summed E-state index contributed by atoms with van der Waals surface area (Å²) in [5.74, 6) is 0. The summed E-state index contributed by atoms with van der Waals surface area (Å²) in [5.41, 5.74) is -4.53. The number of carbonyl (C=O) groups excluding carboxylic acids is 2. The molecule has 1 aliphatic rings. The molecule has 1 aromatic rings. The average molecular weight is 419 g/mol. The highest BCUT2D eigenvalue weighted by molar-refractivity contribution is 8.00. The van der Waals surface area contributed by atoms with Gasteiger partial charge in [0.15, 0.2) is 0 Å². The van der Waals surface area contributed by atoms with E-state index in [1.807, 2.05) is 0 Å². The first-order valence-corrected chi connectivity index (χ1v) is 9.64. The van der Waals surface area contributed by atoms with Gasteiger partial charge in [-0.25, -0.2) is 9.59 Å². The third kappa shape index (κ3) is 7.49. The number of nitrogens with zero attached hydrogens (tertiary/aromatic N) is 2. The van der Waals surface area contributed by atoms with Crippen molar-refractivity contribution >= 4 is 29.6 Å². The van der Waals surface area contributed by atoms with Gasteiger partial charge in [0.2, 0.25) is 0 Å². The standard InChI is InChI=1S/C18H24F3N3O3S/c1-17(2,3)27-16(26)24-10-4-9-23(11-12-24)15(25)22-13-5-7-14(8-6-13)28-18(19,20)21/h5-8H,4,9-12H2,1-3H3,(H,22,25). The molecule has 1 fully saturated rings. The van der Waals surface area contributed by atoms with E-state index in [1.165, 1.54) is 24.3 Å². The van der Waals surface area contributed by atoms with Crippen LogP contribution in [0.15, 0.2) is 29.2 Å². The number of thioether (sulfide) groups is 1. The molecule has 28 heavy (non-hydrogen) atoms. The Labute approximate surface area is 166 Å². The normalized spacial score (nSPS) is 15.8. The zero-order valence-corrected chi connectivity index (χ0v) is 16.8. The Morgan fingerprint density at radius 2 is 1.57 bits per heavy atom. The molecule has 0 aromatic heterocycles. The second-order valence-electron chi connectivity index (χ2n) is 7.31. The van der Waals surface area contributed by atoms with Crippen molar-refractivity contribution in [1.82, 2.24) is 9.80 Å². The smallest absolute Gasteiger partial charge is 0.444 e. The monoisotopic (exact) mass is 419 g/mol. The lowest BCUT2D eigenvalue weighted by Gasteiger charge is -2.26. The summed E-state index contributed by atoms with van der Waals surface area (Å²) < 4.78 is 42.4. The number of rotatable bonds is 2. The summed E-state index contributed by atoms with van der Waals surface area (Å²) in [6.07, 6.45) is 0.195. The van der Waals surface area contributed by atoms with Gasteiger partial charge >= 0.3 is 17.6 Å². The van der Waals surface area contributed by atoms with Gasteiger partial charge in [0.25, 0.3) is 0 Å². The summed E-state index contributed by atoms with van der Waals surface area (Å²) in [6, 6.07) is 5.11. The first-order chi connectivity index (χ1) is 12.9. The van der Waals surface area contributed by atoms with E-state index in [0.29, 0.717) is 38.3 Å². The van der Waals surface area contributed by atoms with Crippen molar-refractivity contribution in [1.29, 1.82) is 0 Å². The minimum absolute atomic E-state index is 0.0493. The quantitative estimate of drug-likeness (QED) is 0.702. The fraction of sp³-hybridized carbons (Fsp3) is 0.556. The number of urea groups is 1. The largest absolute Gasteiger partial charge is 0.446 e. The Morgan fingerprint density at radius 3 is 2.14 bits per heavy atom. The summed E-state index contributed by atoms with van der Waals surface area (Å²) in [5, 5.41) is 2.67. The van der Waals surface area contributed by atoms with Crippen molar-refractivity contribution in [2.24, 2.45) is 0 Å². The molecule has 0 aliphatic carbocycles. The number of alkyl halides is 3. The second kappa shape index (κ2) is 8.93. The van der Waals surface area contributed by atoms with E-state index in [4.69, 9.17) is 4.74 Å². The highest BCUT2D eigenvalue weighted by Gasteiger charge is 2.29.